The lowest BCUT2D eigenvalue weighted by atomic mass is 9.95. The standard InChI is InChI=1S/C9H20N2/c1-7(6-10)4-5-8(2)9(3)11/h7-8,11H,4-6,10H2,1-3H3. The SMILES string of the molecule is CC(=N)C(C)CCC(C)CN. The first kappa shape index (κ1) is 10.6. The summed E-state index contributed by atoms with van der Waals surface area (Å²) >= 11 is 0. The summed E-state index contributed by atoms with van der Waals surface area (Å²) in [5, 5.41) is 7.37. The third-order valence-electron chi connectivity index (χ3n) is 2.23. The van der Waals surface area contributed by atoms with Crippen LogP contribution < -0.4 is 5.73 Å². The summed E-state index contributed by atoms with van der Waals surface area (Å²) < 4.78 is 0. The molecule has 0 aliphatic carbocycles. The Kier molecular flexibility index (Phi) is 5.12. The Labute approximate surface area is 69.7 Å². The summed E-state index contributed by atoms with van der Waals surface area (Å²) in [6.45, 7) is 6.90. The van der Waals surface area contributed by atoms with Crippen LogP contribution in [0.1, 0.15) is 33.6 Å². The van der Waals surface area contributed by atoms with Crippen LogP contribution in [0.5, 0.6) is 0 Å². The van der Waals surface area contributed by atoms with Gasteiger partial charge in [-0.15, -0.1) is 0 Å². The van der Waals surface area contributed by atoms with Crippen LogP contribution in [0.2, 0.25) is 0 Å². The molecule has 0 saturated heterocycles. The molecule has 0 rings (SSSR count). The second kappa shape index (κ2) is 5.30. The fourth-order valence-electron chi connectivity index (χ4n) is 0.869. The van der Waals surface area contributed by atoms with Crippen LogP contribution in [-0.4, -0.2) is 12.3 Å². The van der Waals surface area contributed by atoms with E-state index in [1.54, 1.807) is 0 Å². The minimum absolute atomic E-state index is 0.434. The van der Waals surface area contributed by atoms with Gasteiger partial charge in [-0.1, -0.05) is 13.8 Å². The molecule has 2 nitrogen and oxygen atoms in total. The predicted octanol–water partition coefficient (Wildman–Crippen LogP) is 2.04. The topological polar surface area (TPSA) is 49.9 Å². The summed E-state index contributed by atoms with van der Waals surface area (Å²) in [6, 6.07) is 0. The van der Waals surface area contributed by atoms with Crippen molar-refractivity contribution in [3.05, 3.63) is 0 Å². The minimum Gasteiger partial charge on any atom is -0.330 e. The van der Waals surface area contributed by atoms with Gasteiger partial charge in [0.2, 0.25) is 0 Å². The van der Waals surface area contributed by atoms with Crippen LogP contribution in [0.4, 0.5) is 0 Å². The van der Waals surface area contributed by atoms with Crippen molar-refractivity contribution in [2.24, 2.45) is 17.6 Å². The first-order chi connectivity index (χ1) is 5.07. The van der Waals surface area contributed by atoms with E-state index in [0.717, 1.165) is 25.1 Å². The Bertz CT molecular complexity index is 121. The van der Waals surface area contributed by atoms with Crippen LogP contribution in [0, 0.1) is 17.2 Å². The third kappa shape index (κ3) is 4.96. The maximum Gasteiger partial charge on any atom is 0.00863 e. The van der Waals surface area contributed by atoms with Crippen molar-refractivity contribution in [1.29, 1.82) is 5.41 Å². The summed E-state index contributed by atoms with van der Waals surface area (Å²) in [4.78, 5) is 0. The van der Waals surface area contributed by atoms with Gasteiger partial charge < -0.3 is 11.1 Å². The van der Waals surface area contributed by atoms with Crippen LogP contribution in [0.15, 0.2) is 0 Å². The summed E-state index contributed by atoms with van der Waals surface area (Å²) in [7, 11) is 0. The summed E-state index contributed by atoms with van der Waals surface area (Å²) in [5.41, 5.74) is 6.27. The molecule has 0 spiro atoms. The quantitative estimate of drug-likeness (QED) is 0.588. The van der Waals surface area contributed by atoms with Crippen LogP contribution in [0.25, 0.3) is 0 Å². The molecule has 2 atom stereocenters. The third-order valence-corrected chi connectivity index (χ3v) is 2.23. The highest BCUT2D eigenvalue weighted by Crippen LogP contribution is 2.11. The molecule has 2 unspecified atom stereocenters. The second-order valence-electron chi connectivity index (χ2n) is 3.50. The Morgan fingerprint density at radius 1 is 1.36 bits per heavy atom. The van der Waals surface area contributed by atoms with E-state index in [4.69, 9.17) is 11.1 Å². The van der Waals surface area contributed by atoms with E-state index >= 15 is 0 Å². The van der Waals surface area contributed by atoms with Gasteiger partial charge >= 0.3 is 0 Å². The highest BCUT2D eigenvalue weighted by atomic mass is 14.5. The Morgan fingerprint density at radius 3 is 2.27 bits per heavy atom. The van der Waals surface area contributed by atoms with Crippen molar-refractivity contribution >= 4 is 5.71 Å². The van der Waals surface area contributed by atoms with Gasteiger partial charge in [-0.05, 0) is 38.1 Å². The molecule has 2 heteroatoms. The first-order valence-corrected chi connectivity index (χ1v) is 4.33. The molecule has 3 N–H and O–H groups in total. The summed E-state index contributed by atoms with van der Waals surface area (Å²) in [5.74, 6) is 1.04. The molecule has 0 heterocycles. The molecule has 0 bridgehead atoms. The molecular formula is C9H20N2. The molecule has 0 aliphatic rings. The zero-order valence-electron chi connectivity index (χ0n) is 7.85. The normalized spacial score (nSPS) is 16.0. The van der Waals surface area contributed by atoms with E-state index in [9.17, 15) is 0 Å². The van der Waals surface area contributed by atoms with Crippen LogP contribution >= 0.6 is 0 Å². The molecule has 0 amide bonds. The second-order valence-corrected chi connectivity index (χ2v) is 3.50. The molecule has 0 aromatic heterocycles. The monoisotopic (exact) mass is 156 g/mol. The van der Waals surface area contributed by atoms with E-state index in [2.05, 4.69) is 13.8 Å². The predicted molar refractivity (Wildman–Crippen MR) is 50.0 cm³/mol. The molecule has 0 aromatic rings. The van der Waals surface area contributed by atoms with Gasteiger partial charge in [0.25, 0.3) is 0 Å². The van der Waals surface area contributed by atoms with E-state index in [0.29, 0.717) is 11.8 Å². The molecule has 0 aromatic carbocycles. The summed E-state index contributed by atoms with van der Waals surface area (Å²) in [6.07, 6.45) is 2.25. The number of hydrogen-bond donors (Lipinski definition) is 2. The molecule has 0 fully saturated rings. The van der Waals surface area contributed by atoms with E-state index < -0.39 is 0 Å². The van der Waals surface area contributed by atoms with Crippen molar-refractivity contribution in [2.75, 3.05) is 6.54 Å². The van der Waals surface area contributed by atoms with Crippen molar-refractivity contribution in [2.45, 2.75) is 33.6 Å². The highest BCUT2D eigenvalue weighted by Gasteiger charge is 2.06. The lowest BCUT2D eigenvalue weighted by Gasteiger charge is -2.12. The zero-order valence-corrected chi connectivity index (χ0v) is 7.85. The van der Waals surface area contributed by atoms with Gasteiger partial charge in [0, 0.05) is 5.71 Å². The number of nitrogens with two attached hydrogens (primary N) is 1. The molecule has 66 valence electrons. The van der Waals surface area contributed by atoms with Crippen LogP contribution in [-0.2, 0) is 0 Å². The van der Waals surface area contributed by atoms with Gasteiger partial charge in [-0.25, -0.2) is 0 Å². The average Bonchev–Trinajstić information content (AvgIpc) is 1.99. The number of hydrogen-bond acceptors (Lipinski definition) is 2. The van der Waals surface area contributed by atoms with E-state index in [1.807, 2.05) is 6.92 Å². The Balaban J connectivity index is 3.45. The number of nitrogens with one attached hydrogen (secondary N) is 1. The van der Waals surface area contributed by atoms with E-state index in [1.165, 1.54) is 0 Å². The fraction of sp³-hybridized carbons (Fsp3) is 0.889. The Morgan fingerprint density at radius 2 is 1.91 bits per heavy atom. The molecule has 0 radical (unpaired) electrons. The molecule has 11 heavy (non-hydrogen) atoms. The van der Waals surface area contributed by atoms with Gasteiger partial charge in [0.15, 0.2) is 0 Å². The van der Waals surface area contributed by atoms with Gasteiger partial charge in [-0.3, -0.25) is 0 Å². The first-order valence-electron chi connectivity index (χ1n) is 4.33. The lowest BCUT2D eigenvalue weighted by molar-refractivity contribution is 0.488. The lowest BCUT2D eigenvalue weighted by Crippen LogP contribution is -2.13. The maximum absolute atomic E-state index is 7.37. The largest absolute Gasteiger partial charge is 0.330 e. The van der Waals surface area contributed by atoms with Crippen molar-refractivity contribution in [3.63, 3.8) is 0 Å². The minimum atomic E-state index is 0.434. The molecule has 0 saturated carbocycles. The van der Waals surface area contributed by atoms with Gasteiger partial charge in [-0.2, -0.15) is 0 Å². The van der Waals surface area contributed by atoms with Crippen molar-refractivity contribution in [3.8, 4) is 0 Å². The molecule has 0 aliphatic heterocycles. The highest BCUT2D eigenvalue weighted by molar-refractivity contribution is 5.80. The smallest absolute Gasteiger partial charge is 0.00863 e. The Hall–Kier alpha value is -0.370. The fourth-order valence-corrected chi connectivity index (χ4v) is 0.869. The van der Waals surface area contributed by atoms with Crippen LogP contribution in [0.3, 0.4) is 0 Å². The van der Waals surface area contributed by atoms with Gasteiger partial charge in [0.1, 0.15) is 0 Å². The van der Waals surface area contributed by atoms with Gasteiger partial charge in [0.05, 0.1) is 0 Å². The maximum atomic E-state index is 7.37. The average molecular weight is 156 g/mol. The van der Waals surface area contributed by atoms with Crippen molar-refractivity contribution in [1.82, 2.24) is 0 Å². The zero-order chi connectivity index (χ0) is 8.85. The van der Waals surface area contributed by atoms with E-state index in [-0.39, 0.29) is 0 Å². The van der Waals surface area contributed by atoms with Crippen molar-refractivity contribution < 1.29 is 0 Å². The molecular weight excluding hydrogens is 136 g/mol. The number of rotatable bonds is 5.